The number of hydrogen-bond donors (Lipinski definition) is 2. The summed E-state index contributed by atoms with van der Waals surface area (Å²) in [4.78, 5) is 0. The van der Waals surface area contributed by atoms with E-state index in [1.165, 1.54) is 0 Å². The molecule has 3 N–H and O–H groups in total. The molecule has 0 bridgehead atoms. The number of nitrogens with one attached hydrogen (secondary N) is 1. The zero-order chi connectivity index (χ0) is 15.6. The van der Waals surface area contributed by atoms with E-state index in [9.17, 15) is 0 Å². The average molecular weight is 313 g/mol. The van der Waals surface area contributed by atoms with Crippen LogP contribution in [0, 0.1) is 11.8 Å². The third-order valence-electron chi connectivity index (χ3n) is 4.68. The molecule has 0 spiro atoms. The Balaban J connectivity index is 2.21. The Hall–Kier alpha value is -0.810. The van der Waals surface area contributed by atoms with Crippen LogP contribution in [0.3, 0.4) is 0 Å². The monoisotopic (exact) mass is 312 g/mol. The van der Waals surface area contributed by atoms with Gasteiger partial charge in [-0.15, -0.1) is 0 Å². The number of nitrogens with two attached hydrogens (primary N) is 1. The first-order valence-corrected chi connectivity index (χ1v) is 7.79. The molecule has 5 heteroatoms. The van der Waals surface area contributed by atoms with Crippen LogP contribution < -0.4 is 16.0 Å². The molecule has 1 heterocycles. The minimum atomic E-state index is 0.118. The number of halogens is 1. The lowest BCUT2D eigenvalue weighted by atomic mass is 9.81. The predicted octanol–water partition coefficient (Wildman–Crippen LogP) is 2.78. The summed E-state index contributed by atoms with van der Waals surface area (Å²) in [6, 6.07) is 5.79. The Labute approximate surface area is 131 Å². The number of hydrogen-bond acceptors (Lipinski definition) is 4. The fraction of sp³-hybridized carbons (Fsp3) is 0.625. The van der Waals surface area contributed by atoms with E-state index in [4.69, 9.17) is 26.9 Å². The van der Waals surface area contributed by atoms with Crippen molar-refractivity contribution in [3.63, 3.8) is 0 Å². The zero-order valence-corrected chi connectivity index (χ0v) is 13.9. The average Bonchev–Trinajstić information content (AvgIpc) is 2.70. The van der Waals surface area contributed by atoms with Gasteiger partial charge in [0.15, 0.2) is 0 Å². The highest BCUT2D eigenvalue weighted by atomic mass is 35.5. The van der Waals surface area contributed by atoms with Gasteiger partial charge in [-0.05, 0) is 49.9 Å². The summed E-state index contributed by atoms with van der Waals surface area (Å²) in [5.41, 5.74) is 4.03. The summed E-state index contributed by atoms with van der Waals surface area (Å²) in [6.45, 7) is 6.46. The summed E-state index contributed by atoms with van der Waals surface area (Å²) in [7, 11) is 1.67. The van der Waals surface area contributed by atoms with Crippen molar-refractivity contribution in [3.8, 4) is 5.75 Å². The standard InChI is InChI=1S/C16H25ClN2O2/c1-9-10(2)21-11(3)16(9)14(19-18)8-12-7-13(17)5-6-15(12)20-4/h5-7,9-11,14,16,19H,8,18H2,1-4H3. The van der Waals surface area contributed by atoms with Crippen molar-refractivity contribution in [1.29, 1.82) is 0 Å². The van der Waals surface area contributed by atoms with E-state index in [1.807, 2.05) is 18.2 Å². The molecule has 1 aromatic rings. The van der Waals surface area contributed by atoms with Crippen LogP contribution in [0.15, 0.2) is 18.2 Å². The van der Waals surface area contributed by atoms with Crippen molar-refractivity contribution < 1.29 is 9.47 Å². The molecule has 118 valence electrons. The Morgan fingerprint density at radius 2 is 2.05 bits per heavy atom. The number of ether oxygens (including phenoxy) is 2. The van der Waals surface area contributed by atoms with Crippen molar-refractivity contribution in [2.24, 2.45) is 17.7 Å². The molecule has 21 heavy (non-hydrogen) atoms. The maximum atomic E-state index is 6.11. The van der Waals surface area contributed by atoms with Crippen LogP contribution in [0.5, 0.6) is 5.75 Å². The Kier molecular flexibility index (Phi) is 5.49. The van der Waals surface area contributed by atoms with Crippen LogP contribution in [-0.2, 0) is 11.2 Å². The highest BCUT2D eigenvalue weighted by Gasteiger charge is 2.41. The van der Waals surface area contributed by atoms with E-state index >= 15 is 0 Å². The molecule has 5 unspecified atom stereocenters. The third-order valence-corrected chi connectivity index (χ3v) is 4.91. The quantitative estimate of drug-likeness (QED) is 0.648. The predicted molar refractivity (Wildman–Crippen MR) is 85.5 cm³/mol. The number of rotatable bonds is 5. The maximum Gasteiger partial charge on any atom is 0.122 e. The normalized spacial score (nSPS) is 30.4. The molecule has 4 nitrogen and oxygen atoms in total. The highest BCUT2D eigenvalue weighted by Crippen LogP contribution is 2.36. The van der Waals surface area contributed by atoms with Crippen molar-refractivity contribution >= 4 is 11.6 Å². The van der Waals surface area contributed by atoms with Crippen molar-refractivity contribution in [2.45, 2.75) is 45.4 Å². The Bertz CT molecular complexity index is 483. The van der Waals surface area contributed by atoms with Gasteiger partial charge in [-0.2, -0.15) is 0 Å². The van der Waals surface area contributed by atoms with E-state index in [0.717, 1.165) is 17.7 Å². The second kappa shape index (κ2) is 6.97. The van der Waals surface area contributed by atoms with Crippen molar-refractivity contribution in [2.75, 3.05) is 7.11 Å². The molecule has 5 atom stereocenters. The Morgan fingerprint density at radius 1 is 1.33 bits per heavy atom. The fourth-order valence-corrected chi connectivity index (χ4v) is 3.63. The molecule has 0 saturated carbocycles. The molecule has 1 aliphatic rings. The van der Waals surface area contributed by atoms with Crippen LogP contribution >= 0.6 is 11.6 Å². The summed E-state index contributed by atoms with van der Waals surface area (Å²) in [5.74, 6) is 7.47. The van der Waals surface area contributed by atoms with Gasteiger partial charge in [0.1, 0.15) is 5.75 Å². The summed E-state index contributed by atoms with van der Waals surface area (Å²) >= 11 is 6.11. The molecule has 0 aliphatic carbocycles. The number of benzene rings is 1. The van der Waals surface area contributed by atoms with Gasteiger partial charge in [0.05, 0.1) is 19.3 Å². The molecule has 1 aromatic carbocycles. The van der Waals surface area contributed by atoms with E-state index < -0.39 is 0 Å². The van der Waals surface area contributed by atoms with Gasteiger partial charge in [0, 0.05) is 17.0 Å². The molecule has 1 aliphatic heterocycles. The van der Waals surface area contributed by atoms with E-state index in [1.54, 1.807) is 7.11 Å². The smallest absolute Gasteiger partial charge is 0.122 e. The fourth-order valence-electron chi connectivity index (χ4n) is 3.44. The van der Waals surface area contributed by atoms with Gasteiger partial charge in [0.2, 0.25) is 0 Å². The Morgan fingerprint density at radius 3 is 2.57 bits per heavy atom. The van der Waals surface area contributed by atoms with Gasteiger partial charge in [-0.1, -0.05) is 18.5 Å². The molecule has 1 saturated heterocycles. The number of hydrazine groups is 1. The molecule has 0 radical (unpaired) electrons. The molecule has 2 rings (SSSR count). The van der Waals surface area contributed by atoms with Gasteiger partial charge in [-0.3, -0.25) is 11.3 Å². The van der Waals surface area contributed by atoms with Crippen LogP contribution in [0.1, 0.15) is 26.3 Å². The first-order chi connectivity index (χ1) is 9.97. The highest BCUT2D eigenvalue weighted by molar-refractivity contribution is 6.30. The number of methoxy groups -OCH3 is 1. The largest absolute Gasteiger partial charge is 0.496 e. The third kappa shape index (κ3) is 3.51. The molecular formula is C16H25ClN2O2. The minimum absolute atomic E-state index is 0.118. The van der Waals surface area contributed by atoms with E-state index in [2.05, 4.69) is 26.2 Å². The molecule has 0 aromatic heterocycles. The molecule has 0 amide bonds. The topological polar surface area (TPSA) is 56.5 Å². The SMILES string of the molecule is COc1ccc(Cl)cc1CC(NN)C1C(C)OC(C)C1C. The lowest BCUT2D eigenvalue weighted by Crippen LogP contribution is -2.46. The minimum Gasteiger partial charge on any atom is -0.496 e. The van der Waals surface area contributed by atoms with Crippen LogP contribution in [0.2, 0.25) is 5.02 Å². The first-order valence-electron chi connectivity index (χ1n) is 7.42. The van der Waals surface area contributed by atoms with Gasteiger partial charge >= 0.3 is 0 Å². The first kappa shape index (κ1) is 16.6. The van der Waals surface area contributed by atoms with Crippen molar-refractivity contribution in [1.82, 2.24) is 5.43 Å². The van der Waals surface area contributed by atoms with E-state index in [0.29, 0.717) is 16.9 Å². The van der Waals surface area contributed by atoms with E-state index in [-0.39, 0.29) is 18.2 Å². The summed E-state index contributed by atoms with van der Waals surface area (Å²) < 4.78 is 11.4. The lowest BCUT2D eigenvalue weighted by molar-refractivity contribution is 0.0475. The van der Waals surface area contributed by atoms with Crippen LogP contribution in [0.4, 0.5) is 0 Å². The second-order valence-electron chi connectivity index (χ2n) is 5.92. The van der Waals surface area contributed by atoms with Gasteiger partial charge in [-0.25, -0.2) is 0 Å². The van der Waals surface area contributed by atoms with Crippen LogP contribution in [-0.4, -0.2) is 25.4 Å². The van der Waals surface area contributed by atoms with Crippen LogP contribution in [0.25, 0.3) is 0 Å². The summed E-state index contributed by atoms with van der Waals surface area (Å²) in [5, 5.41) is 0.707. The molecule has 1 fully saturated rings. The lowest BCUT2D eigenvalue weighted by Gasteiger charge is -2.29. The van der Waals surface area contributed by atoms with Crippen molar-refractivity contribution in [3.05, 3.63) is 28.8 Å². The molecular weight excluding hydrogens is 288 g/mol. The van der Waals surface area contributed by atoms with Gasteiger partial charge < -0.3 is 9.47 Å². The maximum absolute atomic E-state index is 6.11. The van der Waals surface area contributed by atoms with Gasteiger partial charge in [0.25, 0.3) is 0 Å². The second-order valence-corrected chi connectivity index (χ2v) is 6.35. The zero-order valence-electron chi connectivity index (χ0n) is 13.1. The summed E-state index contributed by atoms with van der Waals surface area (Å²) in [6.07, 6.45) is 1.19.